The van der Waals surface area contributed by atoms with Gasteiger partial charge in [-0.3, -0.25) is 0 Å². The summed E-state index contributed by atoms with van der Waals surface area (Å²) in [4.78, 5) is 6.96. The zero-order chi connectivity index (χ0) is 12.5. The molecule has 0 radical (unpaired) electrons. The van der Waals surface area contributed by atoms with E-state index in [2.05, 4.69) is 9.88 Å². The zero-order valence-electron chi connectivity index (χ0n) is 10.7. The Kier molecular flexibility index (Phi) is 3.12. The van der Waals surface area contributed by atoms with Crippen LogP contribution in [0.15, 0.2) is 18.2 Å². The fourth-order valence-electron chi connectivity index (χ4n) is 3.30. The third kappa shape index (κ3) is 2.05. The van der Waals surface area contributed by atoms with Gasteiger partial charge in [-0.1, -0.05) is 6.07 Å². The summed E-state index contributed by atoms with van der Waals surface area (Å²) in [6, 6.07) is 6.84. The largest absolute Gasteiger partial charge is 0.478 e. The normalized spacial score (nSPS) is 30.6. The average molecular weight is 248 g/mol. The number of ether oxygens (including phenoxy) is 1. The Morgan fingerprint density at radius 3 is 2.72 bits per heavy atom. The van der Waals surface area contributed by atoms with Crippen LogP contribution in [0.4, 0.5) is 5.82 Å². The van der Waals surface area contributed by atoms with Gasteiger partial charge in [0.25, 0.3) is 0 Å². The molecule has 4 heteroatoms. The van der Waals surface area contributed by atoms with E-state index in [1.165, 1.54) is 12.8 Å². The molecule has 1 N–H and O–H groups in total. The molecule has 2 fully saturated rings. The molecule has 98 valence electrons. The first kappa shape index (κ1) is 11.8. The second kappa shape index (κ2) is 4.76. The van der Waals surface area contributed by atoms with Crippen molar-refractivity contribution in [3.63, 3.8) is 0 Å². The number of fused-ring (bicyclic) bond motifs is 2. The predicted octanol–water partition coefficient (Wildman–Crippen LogP) is 1.97. The average Bonchev–Trinajstić information content (AvgIpc) is 2.63. The van der Waals surface area contributed by atoms with E-state index >= 15 is 0 Å². The van der Waals surface area contributed by atoms with E-state index in [4.69, 9.17) is 4.74 Å². The smallest absolute Gasteiger partial charge is 0.215 e. The number of aromatic nitrogens is 1. The summed E-state index contributed by atoms with van der Waals surface area (Å²) < 4.78 is 5.46. The molecule has 3 rings (SSSR count). The van der Waals surface area contributed by atoms with Gasteiger partial charge in [-0.15, -0.1) is 0 Å². The second-order valence-electron chi connectivity index (χ2n) is 5.18. The Labute approximate surface area is 108 Å². The maximum atomic E-state index is 9.82. The fourth-order valence-corrected chi connectivity index (χ4v) is 3.30. The van der Waals surface area contributed by atoms with Gasteiger partial charge in [0.1, 0.15) is 5.82 Å². The summed E-state index contributed by atoms with van der Waals surface area (Å²) in [6.07, 6.45) is 3.95. The van der Waals surface area contributed by atoms with Crippen LogP contribution in [-0.4, -0.2) is 34.9 Å². The lowest BCUT2D eigenvalue weighted by atomic mass is 10.00. The molecule has 2 unspecified atom stereocenters. The van der Waals surface area contributed by atoms with Crippen LogP contribution in [-0.2, 0) is 0 Å². The van der Waals surface area contributed by atoms with E-state index < -0.39 is 0 Å². The second-order valence-corrected chi connectivity index (χ2v) is 5.18. The third-order valence-corrected chi connectivity index (χ3v) is 3.97. The van der Waals surface area contributed by atoms with Gasteiger partial charge in [-0.2, -0.15) is 4.98 Å². The van der Waals surface area contributed by atoms with Crippen LogP contribution in [0.1, 0.15) is 32.6 Å². The Hall–Kier alpha value is -1.29. The van der Waals surface area contributed by atoms with Gasteiger partial charge in [-0.05, 0) is 38.7 Å². The number of pyridine rings is 1. The molecule has 0 spiro atoms. The number of rotatable bonds is 3. The van der Waals surface area contributed by atoms with Gasteiger partial charge >= 0.3 is 0 Å². The molecule has 0 aliphatic carbocycles. The molecule has 18 heavy (non-hydrogen) atoms. The van der Waals surface area contributed by atoms with Crippen LogP contribution in [0.5, 0.6) is 5.88 Å². The molecule has 1 aromatic heterocycles. The molecule has 4 nitrogen and oxygen atoms in total. The van der Waals surface area contributed by atoms with Crippen molar-refractivity contribution in [1.29, 1.82) is 0 Å². The summed E-state index contributed by atoms with van der Waals surface area (Å²) in [5.74, 6) is 1.70. The number of aliphatic hydroxyl groups excluding tert-OH is 1. The fraction of sp³-hybridized carbons (Fsp3) is 0.643. The van der Waals surface area contributed by atoms with E-state index in [1.54, 1.807) is 0 Å². The van der Waals surface area contributed by atoms with Crippen LogP contribution < -0.4 is 9.64 Å². The van der Waals surface area contributed by atoms with E-state index in [1.807, 2.05) is 25.1 Å². The number of hydrogen-bond donors (Lipinski definition) is 1. The Morgan fingerprint density at radius 2 is 2.06 bits per heavy atom. The van der Waals surface area contributed by atoms with Crippen molar-refractivity contribution in [2.45, 2.75) is 50.8 Å². The summed E-state index contributed by atoms with van der Waals surface area (Å²) in [6.45, 7) is 2.61. The molecule has 0 aromatic carbocycles. The van der Waals surface area contributed by atoms with E-state index in [-0.39, 0.29) is 6.10 Å². The molecular weight excluding hydrogens is 228 g/mol. The van der Waals surface area contributed by atoms with Gasteiger partial charge in [0, 0.05) is 18.2 Å². The molecule has 2 aliphatic rings. The van der Waals surface area contributed by atoms with Crippen LogP contribution in [0, 0.1) is 0 Å². The van der Waals surface area contributed by atoms with Crippen molar-refractivity contribution in [3.8, 4) is 5.88 Å². The van der Waals surface area contributed by atoms with Crippen LogP contribution in [0.3, 0.4) is 0 Å². The van der Waals surface area contributed by atoms with Crippen molar-refractivity contribution in [2.75, 3.05) is 11.5 Å². The number of nitrogens with zero attached hydrogens (tertiary/aromatic N) is 2. The minimum atomic E-state index is -0.131. The van der Waals surface area contributed by atoms with Crippen molar-refractivity contribution in [3.05, 3.63) is 18.2 Å². The van der Waals surface area contributed by atoms with Gasteiger partial charge in [0.15, 0.2) is 0 Å². The Bertz CT molecular complexity index is 410. The number of piperidine rings is 1. The molecule has 2 saturated heterocycles. The molecule has 2 atom stereocenters. The minimum Gasteiger partial charge on any atom is -0.478 e. The van der Waals surface area contributed by atoms with Crippen molar-refractivity contribution < 1.29 is 9.84 Å². The summed E-state index contributed by atoms with van der Waals surface area (Å²) >= 11 is 0. The molecule has 0 amide bonds. The molecular formula is C14H20N2O2. The number of anilines is 1. The lowest BCUT2D eigenvalue weighted by Gasteiger charge is -2.38. The lowest BCUT2D eigenvalue weighted by molar-refractivity contribution is 0.126. The molecule has 1 aromatic rings. The summed E-state index contributed by atoms with van der Waals surface area (Å²) in [5, 5.41) is 9.82. The molecule has 2 bridgehead atoms. The van der Waals surface area contributed by atoms with E-state index in [0.29, 0.717) is 24.6 Å². The zero-order valence-corrected chi connectivity index (χ0v) is 10.7. The Balaban J connectivity index is 1.84. The Morgan fingerprint density at radius 1 is 1.33 bits per heavy atom. The van der Waals surface area contributed by atoms with Crippen LogP contribution in [0.25, 0.3) is 0 Å². The quantitative estimate of drug-likeness (QED) is 0.888. The van der Waals surface area contributed by atoms with Crippen LogP contribution in [0.2, 0.25) is 0 Å². The topological polar surface area (TPSA) is 45.6 Å². The third-order valence-electron chi connectivity index (χ3n) is 3.97. The number of hydrogen-bond acceptors (Lipinski definition) is 4. The first-order valence-electron chi connectivity index (χ1n) is 6.84. The molecule has 2 aliphatic heterocycles. The van der Waals surface area contributed by atoms with Gasteiger partial charge in [0.05, 0.1) is 12.7 Å². The highest BCUT2D eigenvalue weighted by atomic mass is 16.5. The van der Waals surface area contributed by atoms with Crippen molar-refractivity contribution in [2.24, 2.45) is 0 Å². The first-order valence-corrected chi connectivity index (χ1v) is 6.84. The minimum absolute atomic E-state index is 0.131. The molecule has 3 heterocycles. The summed E-state index contributed by atoms with van der Waals surface area (Å²) in [7, 11) is 0. The highest BCUT2D eigenvalue weighted by molar-refractivity contribution is 5.45. The van der Waals surface area contributed by atoms with Gasteiger partial charge in [0.2, 0.25) is 5.88 Å². The maximum absolute atomic E-state index is 9.82. The van der Waals surface area contributed by atoms with E-state index in [0.717, 1.165) is 18.7 Å². The van der Waals surface area contributed by atoms with Gasteiger partial charge in [-0.25, -0.2) is 0 Å². The predicted molar refractivity (Wildman–Crippen MR) is 69.9 cm³/mol. The number of aliphatic hydroxyl groups is 1. The van der Waals surface area contributed by atoms with E-state index in [9.17, 15) is 5.11 Å². The standard InChI is InChI=1S/C14H20N2O2/c1-2-18-14-5-3-4-13(15-14)16-10-6-7-11(16)9-12(17)8-10/h3-5,10-12,17H,2,6-9H2,1H3. The van der Waals surface area contributed by atoms with Crippen molar-refractivity contribution >= 4 is 5.82 Å². The monoisotopic (exact) mass is 248 g/mol. The highest BCUT2D eigenvalue weighted by Gasteiger charge is 2.40. The SMILES string of the molecule is CCOc1cccc(N2C3CCC2CC(O)C3)n1. The van der Waals surface area contributed by atoms with Gasteiger partial charge < -0.3 is 14.7 Å². The lowest BCUT2D eigenvalue weighted by Crippen LogP contribution is -2.45. The summed E-state index contributed by atoms with van der Waals surface area (Å²) in [5.41, 5.74) is 0. The molecule has 0 saturated carbocycles. The highest BCUT2D eigenvalue weighted by Crippen LogP contribution is 2.38. The van der Waals surface area contributed by atoms with Crippen molar-refractivity contribution in [1.82, 2.24) is 4.98 Å². The maximum Gasteiger partial charge on any atom is 0.215 e. The first-order chi connectivity index (χ1) is 8.78. The van der Waals surface area contributed by atoms with Crippen LogP contribution >= 0.6 is 0 Å².